The molecule has 0 saturated carbocycles. The van der Waals surface area contributed by atoms with E-state index in [-0.39, 0.29) is 30.7 Å². The van der Waals surface area contributed by atoms with Gasteiger partial charge in [0.15, 0.2) is 0 Å². The first-order valence-corrected chi connectivity index (χ1v) is 26.0. The van der Waals surface area contributed by atoms with Crippen LogP contribution in [0, 0.1) is 0 Å². The first kappa shape index (κ1) is 65.0. The first-order valence-electron chi connectivity index (χ1n) is 26.0. The molecule has 76 heavy (non-hydrogen) atoms. The average Bonchev–Trinajstić information content (AvgIpc) is 3.36. The molecule has 0 heterocycles. The van der Waals surface area contributed by atoms with Gasteiger partial charge in [0.25, 0.3) is 0 Å². The predicted molar refractivity (Wildman–Crippen MR) is 318 cm³/mol. The van der Waals surface area contributed by atoms with Gasteiger partial charge in [0.1, 0.15) is 0 Å². The van der Waals surface area contributed by atoms with Crippen LogP contribution in [0.1, 0.15) is 153 Å². The molecule has 0 aliphatic rings. The molecule has 4 aromatic rings. The molecule has 6 amide bonds. The van der Waals surface area contributed by atoms with Gasteiger partial charge >= 0.3 is 18.1 Å². The highest BCUT2D eigenvalue weighted by Crippen LogP contribution is 2.28. The molecule has 2 unspecified atom stereocenters. The molecule has 0 aliphatic carbocycles. The minimum Gasteiger partial charge on any atom is -0.338 e. The van der Waals surface area contributed by atoms with Crippen molar-refractivity contribution in [3.63, 3.8) is 0 Å². The number of nitrogens with two attached hydrogens (primary N) is 3. The third kappa shape index (κ3) is 22.4. The van der Waals surface area contributed by atoms with Crippen molar-refractivity contribution in [2.75, 3.05) is 26.2 Å². The average molecular weight is 1040 g/mol. The maximum atomic E-state index is 13.4. The van der Waals surface area contributed by atoms with Crippen LogP contribution in [0.15, 0.2) is 128 Å². The quantitative estimate of drug-likeness (QED) is 0.0198. The Morgan fingerprint density at radius 3 is 1.29 bits per heavy atom. The molecule has 4 rings (SSSR count). The number of carbonyl (C=O) groups is 3. The number of hydrogen-bond donors (Lipinski definition) is 9. The minimum atomic E-state index is -0.691. The SMILES string of the molecule is C=C(C)c1cccc(C(C)(C)N=C=O)c1.C=C(C)c1cccc(C(C)(C)NC(=O)NCCCC(CNC(=O)NC(C)(C)c2cccc(C(=C)C)c2)NC(=O)NC(C)(C)c2cccc(C(=C)C)c2)c1.NCCCC(N)CN. The molecule has 12 N–H and O–H groups in total. The number of allylic oxidation sites excluding steroid dienone is 4. The summed E-state index contributed by atoms with van der Waals surface area (Å²) in [6.07, 6.45) is 4.59. The van der Waals surface area contributed by atoms with Gasteiger partial charge in [-0.25, -0.2) is 19.2 Å². The van der Waals surface area contributed by atoms with E-state index < -0.39 is 28.2 Å². The van der Waals surface area contributed by atoms with Crippen molar-refractivity contribution in [2.24, 2.45) is 22.2 Å². The zero-order valence-corrected chi connectivity index (χ0v) is 47.7. The van der Waals surface area contributed by atoms with Crippen LogP contribution in [-0.2, 0) is 27.0 Å². The second kappa shape index (κ2) is 30.5. The molecule has 0 aliphatic heterocycles. The Balaban J connectivity index is 0.000000703. The third-order valence-corrected chi connectivity index (χ3v) is 12.8. The van der Waals surface area contributed by atoms with Gasteiger partial charge < -0.3 is 49.1 Å². The fourth-order valence-electron chi connectivity index (χ4n) is 7.73. The van der Waals surface area contributed by atoms with Crippen LogP contribution in [0.4, 0.5) is 14.4 Å². The van der Waals surface area contributed by atoms with Gasteiger partial charge in [0, 0.05) is 31.7 Å². The lowest BCUT2D eigenvalue weighted by Crippen LogP contribution is -2.54. The van der Waals surface area contributed by atoms with E-state index in [1.54, 1.807) is 6.08 Å². The number of benzene rings is 4. The van der Waals surface area contributed by atoms with Crippen LogP contribution in [0.2, 0.25) is 0 Å². The van der Waals surface area contributed by atoms with Crippen molar-refractivity contribution in [1.29, 1.82) is 0 Å². The van der Waals surface area contributed by atoms with Gasteiger partial charge in [-0.3, -0.25) is 0 Å². The second-order valence-corrected chi connectivity index (χ2v) is 21.7. The van der Waals surface area contributed by atoms with Gasteiger partial charge in [-0.2, -0.15) is 4.99 Å². The van der Waals surface area contributed by atoms with Gasteiger partial charge in [-0.1, -0.05) is 121 Å². The van der Waals surface area contributed by atoms with Crippen LogP contribution < -0.4 is 49.1 Å². The first-order chi connectivity index (χ1) is 35.5. The zero-order chi connectivity index (χ0) is 57.4. The van der Waals surface area contributed by atoms with Crippen LogP contribution >= 0.6 is 0 Å². The van der Waals surface area contributed by atoms with Crippen LogP contribution in [-0.4, -0.2) is 62.4 Å². The highest BCUT2D eigenvalue weighted by atomic mass is 16.2. The monoisotopic (exact) mass is 1040 g/mol. The summed E-state index contributed by atoms with van der Waals surface area (Å²) < 4.78 is 0. The fraction of sp³-hybridized carbons (Fsp3) is 0.419. The number of rotatable bonds is 23. The number of isocyanates is 1. The van der Waals surface area contributed by atoms with E-state index in [0.29, 0.717) is 32.5 Å². The molecular formula is C62H90N10O4. The molecule has 0 saturated heterocycles. The van der Waals surface area contributed by atoms with E-state index in [9.17, 15) is 19.2 Å². The number of hydrogen-bond acceptors (Lipinski definition) is 8. The van der Waals surface area contributed by atoms with Crippen molar-refractivity contribution in [2.45, 2.75) is 143 Å². The Bertz CT molecular complexity index is 2660. The molecule has 0 spiro atoms. The zero-order valence-electron chi connectivity index (χ0n) is 47.7. The maximum Gasteiger partial charge on any atom is 0.315 e. The van der Waals surface area contributed by atoms with Crippen LogP contribution in [0.25, 0.3) is 22.3 Å². The number of aliphatic imine (C=N–C) groups is 1. The number of nitrogens with one attached hydrogen (secondary N) is 6. The number of urea groups is 3. The van der Waals surface area contributed by atoms with Crippen LogP contribution in [0.5, 0.6) is 0 Å². The molecule has 14 heteroatoms. The van der Waals surface area contributed by atoms with E-state index in [0.717, 1.165) is 79.6 Å². The standard InChI is InChI=1S/C44H60N6O3.C13H15NO.C5H15N3/c1-29(2)32-17-13-20-35(25-32)42(7,8)48-39(51)45-24-16-23-38(47-41(53)50-44(11,12)37-22-15-19-34(27-37)31(5)6)28-46-40(52)49-43(9,10)36-21-14-18-33(26-36)30(3)4;1-10(2)11-6-5-7-12(8-11)13(3,4)14-9-15;6-3-1-2-5(8)4-7/h13-15,17-22,25-27,38H,1,3,5,16,23-24,28H2,2,4,6-12H3,(H2,45,48,51)(H2,46,49,52)(H2,47,50,53);5-8H,1H2,2-4H3;5H,1-4,6-8H2. The second-order valence-electron chi connectivity index (χ2n) is 21.7. The van der Waals surface area contributed by atoms with Gasteiger partial charge in [-0.05, 0) is 184 Å². The molecule has 2 atom stereocenters. The normalized spacial score (nSPS) is 12.0. The lowest BCUT2D eigenvalue weighted by Gasteiger charge is -2.30. The summed E-state index contributed by atoms with van der Waals surface area (Å²) >= 11 is 0. The molecule has 412 valence electrons. The Morgan fingerprint density at radius 1 is 0.553 bits per heavy atom. The molecule has 0 bridgehead atoms. The molecule has 0 radical (unpaired) electrons. The van der Waals surface area contributed by atoms with E-state index in [2.05, 4.69) is 63.2 Å². The lowest BCUT2D eigenvalue weighted by molar-refractivity contribution is 0.219. The summed E-state index contributed by atoms with van der Waals surface area (Å²) in [5.74, 6) is 0. The third-order valence-electron chi connectivity index (χ3n) is 12.8. The maximum absolute atomic E-state index is 13.4. The Morgan fingerprint density at radius 2 is 0.921 bits per heavy atom. The topological polar surface area (TPSA) is 231 Å². The highest BCUT2D eigenvalue weighted by Gasteiger charge is 2.28. The summed E-state index contributed by atoms with van der Waals surface area (Å²) in [6.45, 7) is 41.0. The minimum absolute atomic E-state index is 0.151. The van der Waals surface area contributed by atoms with E-state index in [1.807, 2.05) is 180 Å². The van der Waals surface area contributed by atoms with Crippen molar-refractivity contribution >= 4 is 46.5 Å². The van der Waals surface area contributed by atoms with E-state index >= 15 is 0 Å². The smallest absolute Gasteiger partial charge is 0.315 e. The summed E-state index contributed by atoms with van der Waals surface area (Å²) in [6, 6.07) is 30.4. The highest BCUT2D eigenvalue weighted by molar-refractivity contribution is 5.77. The van der Waals surface area contributed by atoms with Gasteiger partial charge in [-0.15, -0.1) is 0 Å². The van der Waals surface area contributed by atoms with Crippen molar-refractivity contribution in [3.05, 3.63) is 168 Å². The van der Waals surface area contributed by atoms with Crippen molar-refractivity contribution < 1.29 is 19.2 Å². The van der Waals surface area contributed by atoms with E-state index in [4.69, 9.17) is 17.2 Å². The molecule has 4 aromatic carbocycles. The molecular weight excluding hydrogens is 949 g/mol. The lowest BCUT2D eigenvalue weighted by atomic mass is 9.92. The van der Waals surface area contributed by atoms with Gasteiger partial charge in [0.2, 0.25) is 6.08 Å². The largest absolute Gasteiger partial charge is 0.338 e. The molecule has 0 aromatic heterocycles. The number of amides is 6. The van der Waals surface area contributed by atoms with Gasteiger partial charge in [0.05, 0.1) is 22.2 Å². The van der Waals surface area contributed by atoms with Crippen molar-refractivity contribution in [1.82, 2.24) is 31.9 Å². The summed E-state index contributed by atoms with van der Waals surface area (Å²) in [7, 11) is 0. The van der Waals surface area contributed by atoms with Crippen LogP contribution in [0.3, 0.4) is 0 Å². The Labute approximate surface area is 455 Å². The number of nitrogens with zero attached hydrogens (tertiary/aromatic N) is 1. The predicted octanol–water partition coefficient (Wildman–Crippen LogP) is 11.2. The summed E-state index contributed by atoms with van der Waals surface area (Å²) in [5, 5.41) is 18.2. The number of carbonyl (C=O) groups excluding carboxylic acids is 4. The summed E-state index contributed by atoms with van der Waals surface area (Å²) in [4.78, 5) is 53.7. The van der Waals surface area contributed by atoms with E-state index in [1.165, 1.54) is 0 Å². The molecule has 0 fully saturated rings. The Hall–Kier alpha value is -7.09. The molecule has 14 nitrogen and oxygen atoms in total. The Kier molecular flexibility index (Phi) is 26.1. The van der Waals surface area contributed by atoms with Crippen molar-refractivity contribution in [3.8, 4) is 0 Å². The summed E-state index contributed by atoms with van der Waals surface area (Å²) in [5.41, 5.74) is 25.2. The fourth-order valence-corrected chi connectivity index (χ4v) is 7.73.